The van der Waals surface area contributed by atoms with Gasteiger partial charge in [0.25, 0.3) is 0 Å². The first kappa shape index (κ1) is 14.1. The van der Waals surface area contributed by atoms with Gasteiger partial charge in [0.2, 0.25) is 5.95 Å². The van der Waals surface area contributed by atoms with Gasteiger partial charge in [-0.05, 0) is 22.9 Å². The average molecular weight is 305 g/mol. The van der Waals surface area contributed by atoms with E-state index >= 15 is 0 Å². The summed E-state index contributed by atoms with van der Waals surface area (Å²) in [5, 5.41) is 13.1. The van der Waals surface area contributed by atoms with Crippen molar-refractivity contribution in [2.24, 2.45) is 0 Å². The first-order valence-corrected chi connectivity index (χ1v) is 5.97. The Morgan fingerprint density at radius 1 is 1.65 bits per heavy atom. The highest BCUT2D eigenvalue weighted by atomic mass is 79.9. The minimum atomic E-state index is -0.866. The zero-order valence-electron chi connectivity index (χ0n) is 9.90. The molecule has 0 radical (unpaired) electrons. The van der Waals surface area contributed by atoms with Crippen LogP contribution in [0, 0.1) is 0 Å². The largest absolute Gasteiger partial charge is 0.388 e. The molecule has 0 aromatic carbocycles. The van der Waals surface area contributed by atoms with Crippen LogP contribution in [0.5, 0.6) is 0 Å². The summed E-state index contributed by atoms with van der Waals surface area (Å²) >= 11 is 3.30. The van der Waals surface area contributed by atoms with Crippen LogP contribution in [0.2, 0.25) is 0 Å². The Hall–Kier alpha value is -0.920. The lowest BCUT2D eigenvalue weighted by molar-refractivity contribution is 0.0357. The van der Waals surface area contributed by atoms with Gasteiger partial charge >= 0.3 is 0 Å². The van der Waals surface area contributed by atoms with Gasteiger partial charge in [0, 0.05) is 32.9 Å². The van der Waals surface area contributed by atoms with Crippen molar-refractivity contribution < 1.29 is 9.84 Å². The molecular weight excluding hydrogens is 288 g/mol. The maximum Gasteiger partial charge on any atom is 0.221 e. The molecule has 0 saturated carbocycles. The number of methoxy groups -OCH3 is 1. The molecular formula is C10H17BrN4O2. The fourth-order valence-corrected chi connectivity index (χ4v) is 1.52. The van der Waals surface area contributed by atoms with Crippen LogP contribution in [0.25, 0.3) is 0 Å². The van der Waals surface area contributed by atoms with Crippen molar-refractivity contribution in [2.75, 3.05) is 31.3 Å². The van der Waals surface area contributed by atoms with Crippen molar-refractivity contribution in [2.45, 2.75) is 18.9 Å². The SMILES string of the molecule is COCCC(C)(O)CNc1nc(N)ncc1Br. The third kappa shape index (κ3) is 4.84. The molecule has 1 heterocycles. The Kier molecular flexibility index (Phi) is 5.10. The molecule has 1 atom stereocenters. The Morgan fingerprint density at radius 2 is 2.35 bits per heavy atom. The van der Waals surface area contributed by atoms with Crippen molar-refractivity contribution in [1.82, 2.24) is 9.97 Å². The molecule has 1 aromatic heterocycles. The summed E-state index contributed by atoms with van der Waals surface area (Å²) in [4.78, 5) is 7.85. The average Bonchev–Trinajstić information content (AvgIpc) is 2.28. The summed E-state index contributed by atoms with van der Waals surface area (Å²) in [6.45, 7) is 2.59. The summed E-state index contributed by atoms with van der Waals surface area (Å²) in [5.41, 5.74) is 4.62. The van der Waals surface area contributed by atoms with Crippen LogP contribution >= 0.6 is 15.9 Å². The lowest BCUT2D eigenvalue weighted by atomic mass is 10.0. The second kappa shape index (κ2) is 6.13. The van der Waals surface area contributed by atoms with Gasteiger partial charge in [-0.1, -0.05) is 0 Å². The Labute approximate surface area is 109 Å². The van der Waals surface area contributed by atoms with Gasteiger partial charge in [-0.25, -0.2) is 4.98 Å². The molecule has 1 aromatic rings. The molecule has 0 bridgehead atoms. The summed E-state index contributed by atoms with van der Waals surface area (Å²) in [7, 11) is 1.60. The number of nitrogen functional groups attached to an aromatic ring is 1. The van der Waals surface area contributed by atoms with Crippen molar-refractivity contribution in [1.29, 1.82) is 0 Å². The van der Waals surface area contributed by atoms with Gasteiger partial charge in [-0.15, -0.1) is 0 Å². The summed E-state index contributed by atoms with van der Waals surface area (Å²) in [5.74, 6) is 0.752. The van der Waals surface area contributed by atoms with Gasteiger partial charge in [-0.2, -0.15) is 4.98 Å². The van der Waals surface area contributed by atoms with E-state index in [1.807, 2.05) is 0 Å². The highest BCUT2D eigenvalue weighted by molar-refractivity contribution is 9.10. The lowest BCUT2D eigenvalue weighted by Crippen LogP contribution is -2.35. The van der Waals surface area contributed by atoms with Crippen molar-refractivity contribution in [3.8, 4) is 0 Å². The van der Waals surface area contributed by atoms with Crippen LogP contribution in [0.15, 0.2) is 10.7 Å². The van der Waals surface area contributed by atoms with E-state index in [1.54, 1.807) is 20.2 Å². The van der Waals surface area contributed by atoms with E-state index in [-0.39, 0.29) is 5.95 Å². The number of anilines is 2. The number of aromatic nitrogens is 2. The summed E-state index contributed by atoms with van der Waals surface area (Å²) < 4.78 is 5.63. The van der Waals surface area contributed by atoms with E-state index in [1.165, 1.54) is 0 Å². The van der Waals surface area contributed by atoms with Gasteiger partial charge < -0.3 is 20.9 Å². The molecule has 96 valence electrons. The molecule has 6 nitrogen and oxygen atoms in total. The van der Waals surface area contributed by atoms with Crippen LogP contribution < -0.4 is 11.1 Å². The number of aliphatic hydroxyl groups is 1. The first-order valence-electron chi connectivity index (χ1n) is 5.18. The first-order chi connectivity index (χ1) is 7.94. The van der Waals surface area contributed by atoms with E-state index in [2.05, 4.69) is 31.2 Å². The van der Waals surface area contributed by atoms with E-state index in [9.17, 15) is 5.11 Å². The van der Waals surface area contributed by atoms with E-state index in [0.717, 1.165) is 0 Å². The van der Waals surface area contributed by atoms with Crippen LogP contribution in [0.1, 0.15) is 13.3 Å². The third-order valence-corrected chi connectivity index (χ3v) is 2.82. The van der Waals surface area contributed by atoms with Gasteiger partial charge in [0.05, 0.1) is 10.1 Å². The molecule has 0 spiro atoms. The van der Waals surface area contributed by atoms with Gasteiger partial charge in [0.15, 0.2) is 0 Å². The van der Waals surface area contributed by atoms with Crippen LogP contribution in [0.4, 0.5) is 11.8 Å². The summed E-state index contributed by atoms with van der Waals surface area (Å²) in [6, 6.07) is 0. The van der Waals surface area contributed by atoms with Crippen molar-refractivity contribution in [3.63, 3.8) is 0 Å². The number of nitrogens with two attached hydrogens (primary N) is 1. The Bertz CT molecular complexity index is 373. The van der Waals surface area contributed by atoms with Crippen LogP contribution in [-0.2, 0) is 4.74 Å². The molecule has 1 rings (SSSR count). The number of hydrogen-bond donors (Lipinski definition) is 3. The number of halogens is 1. The fraction of sp³-hybridized carbons (Fsp3) is 0.600. The second-order valence-corrected chi connectivity index (χ2v) is 4.87. The monoisotopic (exact) mass is 304 g/mol. The molecule has 0 aliphatic heterocycles. The topological polar surface area (TPSA) is 93.3 Å². The van der Waals surface area contributed by atoms with Crippen molar-refractivity contribution >= 4 is 27.7 Å². The predicted octanol–water partition coefficient (Wildman–Crippen LogP) is 1.02. The number of rotatable bonds is 6. The third-order valence-electron chi connectivity index (χ3n) is 2.24. The molecule has 0 saturated heterocycles. The molecule has 1 unspecified atom stereocenters. The van der Waals surface area contributed by atoms with E-state index < -0.39 is 5.60 Å². The number of nitrogens with one attached hydrogen (secondary N) is 1. The maximum atomic E-state index is 10.0. The molecule has 0 aliphatic carbocycles. The summed E-state index contributed by atoms with van der Waals surface area (Å²) in [6.07, 6.45) is 2.10. The molecule has 4 N–H and O–H groups in total. The maximum absolute atomic E-state index is 10.0. The Balaban J connectivity index is 2.57. The zero-order chi connectivity index (χ0) is 12.9. The highest BCUT2D eigenvalue weighted by Gasteiger charge is 2.20. The number of nitrogens with zero attached hydrogens (tertiary/aromatic N) is 2. The van der Waals surface area contributed by atoms with Crippen molar-refractivity contribution in [3.05, 3.63) is 10.7 Å². The zero-order valence-corrected chi connectivity index (χ0v) is 11.5. The number of ether oxygens (including phenoxy) is 1. The van der Waals surface area contributed by atoms with Gasteiger partial charge in [-0.3, -0.25) is 0 Å². The fourth-order valence-electron chi connectivity index (χ4n) is 1.19. The molecule has 7 heteroatoms. The predicted molar refractivity (Wildman–Crippen MR) is 69.8 cm³/mol. The van der Waals surface area contributed by atoms with Gasteiger partial charge in [0.1, 0.15) is 5.82 Å². The Morgan fingerprint density at radius 3 is 3.00 bits per heavy atom. The number of hydrogen-bond acceptors (Lipinski definition) is 6. The lowest BCUT2D eigenvalue weighted by Gasteiger charge is -2.23. The van der Waals surface area contributed by atoms with Crippen LogP contribution in [0.3, 0.4) is 0 Å². The minimum Gasteiger partial charge on any atom is -0.388 e. The second-order valence-electron chi connectivity index (χ2n) is 4.02. The smallest absolute Gasteiger partial charge is 0.221 e. The molecule has 0 amide bonds. The van der Waals surface area contributed by atoms with E-state index in [0.29, 0.717) is 29.9 Å². The minimum absolute atomic E-state index is 0.187. The van der Waals surface area contributed by atoms with E-state index in [4.69, 9.17) is 10.5 Å². The molecule has 0 fully saturated rings. The normalized spacial score (nSPS) is 14.4. The molecule has 17 heavy (non-hydrogen) atoms. The highest BCUT2D eigenvalue weighted by Crippen LogP contribution is 2.20. The van der Waals surface area contributed by atoms with Crippen LogP contribution in [-0.4, -0.2) is 40.9 Å². The quantitative estimate of drug-likeness (QED) is 0.726. The standard InChI is InChI=1S/C10H17BrN4O2/c1-10(16,3-4-17-2)6-14-8-7(11)5-13-9(12)15-8/h5,16H,3-4,6H2,1-2H3,(H3,12,13,14,15). The molecule has 0 aliphatic rings.